The number of Topliss-reactive ketones (excluding diaryl/α,β-unsaturated/α-hetero) is 1. The Bertz CT molecular complexity index is 2200. The number of amides is 6. The van der Waals surface area contributed by atoms with Crippen LogP contribution in [0.4, 0.5) is 5.69 Å². The maximum Gasteiger partial charge on any atom is 0.333 e. The molecular formula is C44H52N8O10. The topological polar surface area (TPSA) is 237 Å². The molecule has 62 heavy (non-hydrogen) atoms. The monoisotopic (exact) mass is 852 g/mol. The minimum atomic E-state index is -1.68. The highest BCUT2D eigenvalue weighted by Crippen LogP contribution is 2.27. The molecule has 0 unspecified atom stereocenters. The van der Waals surface area contributed by atoms with Crippen molar-refractivity contribution in [2.45, 2.75) is 94.7 Å². The number of ether oxygens (including phenoxy) is 1. The number of carbonyl (C=O) groups excluding carboxylic acids is 8. The summed E-state index contributed by atoms with van der Waals surface area (Å²) in [5.74, 6) is -6.35. The molecule has 18 heteroatoms. The van der Waals surface area contributed by atoms with Crippen molar-refractivity contribution in [2.24, 2.45) is 0 Å². The Morgan fingerprint density at radius 2 is 1.63 bits per heavy atom. The minimum absolute atomic E-state index is 0.0178. The summed E-state index contributed by atoms with van der Waals surface area (Å²) in [5, 5.41) is 21.3. The van der Waals surface area contributed by atoms with Gasteiger partial charge in [-0.25, -0.2) is 9.78 Å². The van der Waals surface area contributed by atoms with E-state index in [2.05, 4.69) is 26.3 Å². The Labute approximate surface area is 358 Å². The van der Waals surface area contributed by atoms with Gasteiger partial charge in [0.05, 0.1) is 0 Å². The Hall–Kier alpha value is -6.85. The first-order chi connectivity index (χ1) is 29.7. The number of rotatable bonds is 7. The van der Waals surface area contributed by atoms with Gasteiger partial charge >= 0.3 is 5.97 Å². The van der Waals surface area contributed by atoms with Gasteiger partial charge in [0.25, 0.3) is 5.91 Å². The number of likely N-dealkylation sites (N-methyl/N-ethyl adjacent to an activating group) is 1. The number of carbonyl (C=O) groups is 8. The summed E-state index contributed by atoms with van der Waals surface area (Å²) < 4.78 is 5.84. The number of nitrogens with zero attached hydrogens (tertiary/aromatic N) is 4. The van der Waals surface area contributed by atoms with Gasteiger partial charge in [-0.1, -0.05) is 49.4 Å². The van der Waals surface area contributed by atoms with Crippen LogP contribution in [0.2, 0.25) is 0 Å². The van der Waals surface area contributed by atoms with Crippen molar-refractivity contribution >= 4 is 52.9 Å². The highest BCUT2D eigenvalue weighted by molar-refractivity contribution is 6.01. The second-order valence-electron chi connectivity index (χ2n) is 15.6. The van der Waals surface area contributed by atoms with Crippen LogP contribution in [0, 0.1) is 0 Å². The van der Waals surface area contributed by atoms with Crippen LogP contribution in [0.3, 0.4) is 0 Å². The maximum atomic E-state index is 14.9. The Balaban J connectivity index is 1.44. The van der Waals surface area contributed by atoms with E-state index in [1.54, 1.807) is 56.4 Å². The summed E-state index contributed by atoms with van der Waals surface area (Å²) in [5.41, 5.74) is 1.28. The van der Waals surface area contributed by atoms with E-state index in [0.29, 0.717) is 12.0 Å². The number of cyclic esters (lactones) is 1. The van der Waals surface area contributed by atoms with E-state index < -0.39 is 95.2 Å². The summed E-state index contributed by atoms with van der Waals surface area (Å²) >= 11 is 0. The van der Waals surface area contributed by atoms with E-state index in [9.17, 15) is 43.5 Å². The molecular weight excluding hydrogens is 801 g/mol. The molecule has 0 radical (unpaired) electrons. The van der Waals surface area contributed by atoms with Crippen molar-refractivity contribution in [3.63, 3.8) is 0 Å². The zero-order valence-corrected chi connectivity index (χ0v) is 35.0. The number of nitrogens with one attached hydrogen (secondary N) is 4. The summed E-state index contributed by atoms with van der Waals surface area (Å²) in [4.78, 5) is 121. The van der Waals surface area contributed by atoms with Gasteiger partial charge < -0.3 is 45.8 Å². The molecule has 7 atom stereocenters. The predicted octanol–water partition coefficient (Wildman–Crippen LogP) is 1.25. The van der Waals surface area contributed by atoms with E-state index in [1.165, 1.54) is 47.0 Å². The van der Waals surface area contributed by atoms with E-state index in [0.717, 1.165) is 5.69 Å². The van der Waals surface area contributed by atoms with Crippen molar-refractivity contribution in [3.8, 4) is 5.75 Å². The quantitative estimate of drug-likeness (QED) is 0.211. The van der Waals surface area contributed by atoms with Gasteiger partial charge in [0.15, 0.2) is 11.7 Å². The number of fused-ring (bicyclic) bond motifs is 2. The number of esters is 1. The van der Waals surface area contributed by atoms with Crippen molar-refractivity contribution in [1.82, 2.24) is 35.6 Å². The van der Waals surface area contributed by atoms with Gasteiger partial charge in [0.2, 0.25) is 29.5 Å². The van der Waals surface area contributed by atoms with Crippen molar-refractivity contribution in [3.05, 3.63) is 89.7 Å². The van der Waals surface area contributed by atoms with Crippen LogP contribution >= 0.6 is 0 Å². The second-order valence-corrected chi connectivity index (χ2v) is 15.6. The summed E-state index contributed by atoms with van der Waals surface area (Å²) in [6.45, 7) is 3.01. The van der Waals surface area contributed by atoms with Crippen LogP contribution in [0.5, 0.6) is 5.75 Å². The second kappa shape index (κ2) is 19.7. The third-order valence-electron chi connectivity index (χ3n) is 11.6. The van der Waals surface area contributed by atoms with Gasteiger partial charge in [-0.2, -0.15) is 0 Å². The van der Waals surface area contributed by atoms with Gasteiger partial charge in [-0.05, 0) is 61.6 Å². The number of pyridine rings is 1. The lowest BCUT2D eigenvalue weighted by Gasteiger charge is -2.40. The Kier molecular flexibility index (Phi) is 14.2. The third kappa shape index (κ3) is 9.85. The van der Waals surface area contributed by atoms with E-state index >= 15 is 0 Å². The molecule has 3 aromatic rings. The van der Waals surface area contributed by atoms with Gasteiger partial charge in [0, 0.05) is 58.3 Å². The zero-order chi connectivity index (χ0) is 44.7. The molecule has 0 aliphatic carbocycles. The van der Waals surface area contributed by atoms with Gasteiger partial charge in [0.1, 0.15) is 47.8 Å². The Morgan fingerprint density at radius 1 is 0.887 bits per heavy atom. The van der Waals surface area contributed by atoms with E-state index in [4.69, 9.17) is 4.74 Å². The van der Waals surface area contributed by atoms with Crippen LogP contribution in [0.15, 0.2) is 72.9 Å². The largest absolute Gasteiger partial charge is 0.505 e. The normalized spacial score (nSPS) is 25.6. The Morgan fingerprint density at radius 3 is 2.34 bits per heavy atom. The molecule has 18 nitrogen and oxygen atoms in total. The smallest absolute Gasteiger partial charge is 0.333 e. The molecule has 328 valence electrons. The first-order valence-electron chi connectivity index (χ1n) is 20.7. The van der Waals surface area contributed by atoms with Gasteiger partial charge in [-0.15, -0.1) is 0 Å². The molecule has 3 fully saturated rings. The predicted molar refractivity (Wildman–Crippen MR) is 223 cm³/mol. The number of ketones is 1. The lowest BCUT2D eigenvalue weighted by atomic mass is 9.95. The summed E-state index contributed by atoms with van der Waals surface area (Å²) in [7, 11) is 3.21. The molecule has 5 N–H and O–H groups in total. The standard InChI is InChI=1S/C44H52N8O10/c1-5-30-41(58)51-20-11-16-31(51)42(59)50(4)33(23-26-12-9-15-28(22-26)45-3)43(60)52-21-18-29(53)24-32(52)38(55)49-36(27-13-7-6-8-14-27)44(61)62-25(2)35(39(56)47-30)48-40(57)37-34(54)17-10-19-46-37/h6-10,12-15,17,19,22,25,30-33,35-36,45,54H,5,11,16,18,20-21,23-24H2,1-4H3,(H,47,56)(H,48,57)(H,49,55)/t25-,30-,31+,32+,33+,35+,36+/m1/s1. The van der Waals surface area contributed by atoms with E-state index in [-0.39, 0.29) is 56.5 Å². The SMILES string of the molecule is CC[C@H]1NC(=O)[C@@H](NC(=O)c2ncccc2O)[C@@H](C)OC(=O)[C@H](c2ccccc2)NC(=O)[C@@H]2CC(=O)CCN2C(=O)[C@H](Cc2cccc(NC)c2)N(C)C(=O)[C@@H]2CCCN2C1=O. The molecule has 0 spiro atoms. The van der Waals surface area contributed by atoms with Gasteiger partial charge in [-0.3, -0.25) is 33.6 Å². The number of benzene rings is 2. The molecule has 3 aliphatic heterocycles. The number of piperidine rings is 1. The minimum Gasteiger partial charge on any atom is -0.505 e. The zero-order valence-electron chi connectivity index (χ0n) is 35.0. The molecule has 0 saturated carbocycles. The van der Waals surface area contributed by atoms with Crippen molar-refractivity contribution in [2.75, 3.05) is 32.5 Å². The van der Waals surface area contributed by atoms with E-state index in [1.807, 2.05) is 12.1 Å². The van der Waals surface area contributed by atoms with Crippen LogP contribution < -0.4 is 21.3 Å². The van der Waals surface area contributed by atoms with Crippen LogP contribution in [0.25, 0.3) is 0 Å². The fourth-order valence-corrected chi connectivity index (χ4v) is 8.12. The maximum absolute atomic E-state index is 14.9. The average Bonchev–Trinajstić information content (AvgIpc) is 3.77. The lowest BCUT2D eigenvalue weighted by molar-refractivity contribution is -0.156. The molecule has 0 bridgehead atoms. The van der Waals surface area contributed by atoms with Crippen molar-refractivity contribution < 1.29 is 48.2 Å². The number of hydrogen-bond acceptors (Lipinski definition) is 12. The molecule has 4 heterocycles. The molecule has 6 amide bonds. The first kappa shape index (κ1) is 44.7. The molecule has 1 aromatic heterocycles. The molecule has 6 rings (SSSR count). The summed E-state index contributed by atoms with van der Waals surface area (Å²) in [6.07, 6.45) is 0.151. The van der Waals surface area contributed by atoms with Crippen molar-refractivity contribution in [1.29, 1.82) is 0 Å². The fraction of sp³-hybridized carbons (Fsp3) is 0.432. The van der Waals surface area contributed by atoms with Crippen LogP contribution in [-0.2, 0) is 44.7 Å². The highest BCUT2D eigenvalue weighted by Gasteiger charge is 2.45. The molecule has 3 saturated heterocycles. The molecule has 2 aromatic carbocycles. The number of aromatic nitrogens is 1. The average molecular weight is 853 g/mol. The lowest BCUT2D eigenvalue weighted by Crippen LogP contribution is -2.61. The fourth-order valence-electron chi connectivity index (χ4n) is 8.12. The van der Waals surface area contributed by atoms with Crippen LogP contribution in [-0.4, -0.2) is 135 Å². The summed E-state index contributed by atoms with van der Waals surface area (Å²) in [6, 6.07) is 9.88. The number of hydrogen-bond donors (Lipinski definition) is 5. The first-order valence-corrected chi connectivity index (χ1v) is 20.7. The van der Waals surface area contributed by atoms with Crippen LogP contribution in [0.1, 0.15) is 73.6 Å². The highest BCUT2D eigenvalue weighted by atomic mass is 16.5. The number of aromatic hydroxyl groups is 1. The third-order valence-corrected chi connectivity index (χ3v) is 11.6. The molecule has 3 aliphatic rings. The number of anilines is 1.